The molecule has 40 heavy (non-hydrogen) atoms. The van der Waals surface area contributed by atoms with E-state index in [1.54, 1.807) is 25.7 Å². The number of methoxy groups -OCH3 is 2. The third-order valence-electron chi connectivity index (χ3n) is 10.3. The van der Waals surface area contributed by atoms with Crippen molar-refractivity contribution < 1.29 is 9.47 Å². The van der Waals surface area contributed by atoms with Gasteiger partial charge >= 0.3 is 0 Å². The molecule has 0 aliphatic heterocycles. The van der Waals surface area contributed by atoms with Gasteiger partial charge in [0, 0.05) is 27.4 Å². The SMILES string of the molecule is CCCCCCC1CCC(CCCCCCCCOC)C(CCCCCCCCCCOC)C1CCCCCC. The van der Waals surface area contributed by atoms with Crippen LogP contribution in [0.1, 0.15) is 194 Å². The standard InChI is InChI=1S/C38H76O2/c1-5-7-9-21-27-35-31-32-36(28-22-17-14-16-20-26-34-40-4)38(37(35)29-23-10-8-6-2)30-24-18-13-11-12-15-19-25-33-39-3/h35-38H,5-34H2,1-4H3. The quantitative estimate of drug-likeness (QED) is 0.0808. The lowest BCUT2D eigenvalue weighted by Crippen LogP contribution is -2.35. The minimum absolute atomic E-state index is 0.941. The zero-order valence-electron chi connectivity index (χ0n) is 28.3. The van der Waals surface area contributed by atoms with Crippen LogP contribution in [0.15, 0.2) is 0 Å². The van der Waals surface area contributed by atoms with Gasteiger partial charge in [-0.2, -0.15) is 0 Å². The van der Waals surface area contributed by atoms with Crippen LogP contribution in [0.4, 0.5) is 0 Å². The molecular formula is C38H76O2. The van der Waals surface area contributed by atoms with Gasteiger partial charge in [0.05, 0.1) is 0 Å². The maximum absolute atomic E-state index is 5.23. The zero-order chi connectivity index (χ0) is 28.9. The molecule has 4 atom stereocenters. The van der Waals surface area contributed by atoms with Crippen molar-refractivity contribution >= 4 is 0 Å². The Bertz CT molecular complexity index is 492. The molecule has 0 radical (unpaired) electrons. The van der Waals surface area contributed by atoms with Gasteiger partial charge in [-0.15, -0.1) is 0 Å². The van der Waals surface area contributed by atoms with Crippen molar-refractivity contribution in [3.63, 3.8) is 0 Å². The molecule has 1 aliphatic rings. The number of ether oxygens (including phenoxy) is 2. The van der Waals surface area contributed by atoms with Crippen LogP contribution in [0.3, 0.4) is 0 Å². The van der Waals surface area contributed by atoms with Crippen LogP contribution >= 0.6 is 0 Å². The topological polar surface area (TPSA) is 18.5 Å². The minimum atomic E-state index is 0.941. The smallest absolute Gasteiger partial charge is 0.0462 e. The Labute approximate surface area is 253 Å². The largest absolute Gasteiger partial charge is 0.385 e. The van der Waals surface area contributed by atoms with E-state index in [0.29, 0.717) is 0 Å². The van der Waals surface area contributed by atoms with Gasteiger partial charge < -0.3 is 9.47 Å². The Balaban J connectivity index is 2.61. The third kappa shape index (κ3) is 19.9. The zero-order valence-corrected chi connectivity index (χ0v) is 28.3. The summed E-state index contributed by atoms with van der Waals surface area (Å²) < 4.78 is 10.4. The van der Waals surface area contributed by atoms with Gasteiger partial charge in [-0.3, -0.25) is 0 Å². The van der Waals surface area contributed by atoms with Crippen LogP contribution in [0.25, 0.3) is 0 Å². The summed E-state index contributed by atoms with van der Waals surface area (Å²) in [6.07, 6.45) is 40.5. The Morgan fingerprint density at radius 1 is 0.375 bits per heavy atom. The summed E-state index contributed by atoms with van der Waals surface area (Å²) in [5.74, 6) is 4.12. The summed E-state index contributed by atoms with van der Waals surface area (Å²) in [5.41, 5.74) is 0. The molecule has 0 heterocycles. The molecule has 1 rings (SSSR count). The molecule has 0 amide bonds. The monoisotopic (exact) mass is 565 g/mol. The van der Waals surface area contributed by atoms with Crippen LogP contribution in [-0.2, 0) is 9.47 Å². The molecule has 2 heteroatoms. The second kappa shape index (κ2) is 29.0. The molecule has 0 N–H and O–H groups in total. The van der Waals surface area contributed by atoms with E-state index in [-0.39, 0.29) is 0 Å². The maximum Gasteiger partial charge on any atom is 0.0462 e. The molecular weight excluding hydrogens is 488 g/mol. The average molecular weight is 565 g/mol. The summed E-state index contributed by atoms with van der Waals surface area (Å²) in [4.78, 5) is 0. The average Bonchev–Trinajstić information content (AvgIpc) is 2.97. The summed E-state index contributed by atoms with van der Waals surface area (Å²) in [6, 6.07) is 0. The first-order chi connectivity index (χ1) is 19.8. The Kier molecular flexibility index (Phi) is 27.5. The first-order valence-corrected chi connectivity index (χ1v) is 18.8. The van der Waals surface area contributed by atoms with E-state index >= 15 is 0 Å². The third-order valence-corrected chi connectivity index (χ3v) is 10.3. The molecule has 240 valence electrons. The van der Waals surface area contributed by atoms with E-state index in [1.807, 2.05) is 14.2 Å². The van der Waals surface area contributed by atoms with Crippen molar-refractivity contribution in [3.8, 4) is 0 Å². The summed E-state index contributed by atoms with van der Waals surface area (Å²) in [6.45, 7) is 6.61. The molecule has 4 unspecified atom stereocenters. The van der Waals surface area contributed by atoms with Crippen molar-refractivity contribution in [1.82, 2.24) is 0 Å². The summed E-state index contributed by atoms with van der Waals surface area (Å²) in [5, 5.41) is 0. The van der Waals surface area contributed by atoms with E-state index in [1.165, 1.54) is 154 Å². The lowest BCUT2D eigenvalue weighted by molar-refractivity contribution is 0.0581. The summed E-state index contributed by atoms with van der Waals surface area (Å²) in [7, 11) is 3.66. The number of hydrogen-bond donors (Lipinski definition) is 0. The van der Waals surface area contributed by atoms with Gasteiger partial charge in [0.15, 0.2) is 0 Å². The van der Waals surface area contributed by atoms with E-state index in [4.69, 9.17) is 9.47 Å². The Morgan fingerprint density at radius 2 is 0.675 bits per heavy atom. The minimum Gasteiger partial charge on any atom is -0.385 e. The Hall–Kier alpha value is -0.0800. The molecule has 0 spiro atoms. The normalized spacial score (nSPS) is 21.3. The van der Waals surface area contributed by atoms with Gasteiger partial charge in [-0.25, -0.2) is 0 Å². The number of hydrogen-bond acceptors (Lipinski definition) is 2. The fourth-order valence-corrected chi connectivity index (χ4v) is 7.86. The lowest BCUT2D eigenvalue weighted by Gasteiger charge is -2.44. The van der Waals surface area contributed by atoms with E-state index < -0.39 is 0 Å². The van der Waals surface area contributed by atoms with Crippen LogP contribution in [-0.4, -0.2) is 27.4 Å². The molecule has 0 aromatic heterocycles. The molecule has 1 saturated carbocycles. The van der Waals surface area contributed by atoms with Crippen LogP contribution < -0.4 is 0 Å². The predicted octanol–water partition coefficient (Wildman–Crippen LogP) is 12.7. The highest BCUT2D eigenvalue weighted by Crippen LogP contribution is 2.47. The van der Waals surface area contributed by atoms with Crippen LogP contribution in [0.5, 0.6) is 0 Å². The van der Waals surface area contributed by atoms with Crippen LogP contribution in [0.2, 0.25) is 0 Å². The molecule has 0 aromatic rings. The van der Waals surface area contributed by atoms with Gasteiger partial charge in [0.1, 0.15) is 0 Å². The highest BCUT2D eigenvalue weighted by atomic mass is 16.5. The second-order valence-corrected chi connectivity index (χ2v) is 13.6. The molecule has 1 fully saturated rings. The lowest BCUT2D eigenvalue weighted by atomic mass is 9.61. The first kappa shape index (κ1) is 37.9. The Morgan fingerprint density at radius 3 is 1.02 bits per heavy atom. The first-order valence-electron chi connectivity index (χ1n) is 18.8. The van der Waals surface area contributed by atoms with Crippen molar-refractivity contribution in [2.45, 2.75) is 194 Å². The van der Waals surface area contributed by atoms with Gasteiger partial charge in [0.2, 0.25) is 0 Å². The van der Waals surface area contributed by atoms with Crippen LogP contribution in [0, 0.1) is 23.7 Å². The fourth-order valence-electron chi connectivity index (χ4n) is 7.86. The highest BCUT2D eigenvalue weighted by molar-refractivity contribution is 4.88. The van der Waals surface area contributed by atoms with E-state index in [9.17, 15) is 0 Å². The molecule has 2 nitrogen and oxygen atoms in total. The number of unbranched alkanes of at least 4 members (excludes halogenated alkanes) is 18. The van der Waals surface area contributed by atoms with E-state index in [0.717, 1.165) is 36.9 Å². The molecule has 0 aromatic carbocycles. The van der Waals surface area contributed by atoms with Crippen molar-refractivity contribution in [3.05, 3.63) is 0 Å². The second-order valence-electron chi connectivity index (χ2n) is 13.6. The highest BCUT2D eigenvalue weighted by Gasteiger charge is 2.37. The summed E-state index contributed by atoms with van der Waals surface area (Å²) >= 11 is 0. The molecule has 0 bridgehead atoms. The van der Waals surface area contributed by atoms with Gasteiger partial charge in [0.25, 0.3) is 0 Å². The number of rotatable bonds is 30. The fraction of sp³-hybridized carbons (Fsp3) is 1.00. The van der Waals surface area contributed by atoms with Gasteiger partial charge in [-0.1, -0.05) is 155 Å². The van der Waals surface area contributed by atoms with Crippen molar-refractivity contribution in [2.24, 2.45) is 23.7 Å². The molecule has 0 saturated heterocycles. The van der Waals surface area contributed by atoms with E-state index in [2.05, 4.69) is 13.8 Å². The van der Waals surface area contributed by atoms with Crippen molar-refractivity contribution in [1.29, 1.82) is 0 Å². The molecule has 1 aliphatic carbocycles. The maximum atomic E-state index is 5.23. The predicted molar refractivity (Wildman–Crippen MR) is 178 cm³/mol. The van der Waals surface area contributed by atoms with Gasteiger partial charge in [-0.05, 0) is 62.2 Å². The van der Waals surface area contributed by atoms with Crippen molar-refractivity contribution in [2.75, 3.05) is 27.4 Å².